The van der Waals surface area contributed by atoms with E-state index < -0.39 is 10.0 Å². The van der Waals surface area contributed by atoms with E-state index in [1.807, 2.05) is 20.8 Å². The van der Waals surface area contributed by atoms with Gasteiger partial charge in [0.05, 0.1) is 4.90 Å². The third kappa shape index (κ3) is 5.32. The fourth-order valence-electron chi connectivity index (χ4n) is 2.73. The summed E-state index contributed by atoms with van der Waals surface area (Å²) >= 11 is 0. The fourth-order valence-corrected chi connectivity index (χ4v) is 4.08. The van der Waals surface area contributed by atoms with Gasteiger partial charge in [-0.3, -0.25) is 4.79 Å². The van der Waals surface area contributed by atoms with E-state index in [2.05, 4.69) is 10.0 Å². The molecule has 2 N–H and O–H groups in total. The van der Waals surface area contributed by atoms with Crippen molar-refractivity contribution < 1.29 is 13.2 Å². The fraction of sp³-hybridized carbons (Fsp3) is 0.588. The topological polar surface area (TPSA) is 75.3 Å². The number of benzene rings is 1. The molecule has 1 aliphatic carbocycles. The molecule has 0 radical (unpaired) electrons. The zero-order chi connectivity index (χ0) is 17.1. The van der Waals surface area contributed by atoms with Gasteiger partial charge in [0.15, 0.2) is 0 Å². The van der Waals surface area contributed by atoms with Crippen LogP contribution in [0.15, 0.2) is 29.2 Å². The lowest BCUT2D eigenvalue weighted by molar-refractivity contribution is 0.0919. The third-order valence-electron chi connectivity index (χ3n) is 3.82. The van der Waals surface area contributed by atoms with Crippen LogP contribution in [-0.2, 0) is 10.0 Å². The smallest absolute Gasteiger partial charge is 0.251 e. The van der Waals surface area contributed by atoms with Gasteiger partial charge in [-0.1, -0.05) is 25.3 Å². The van der Waals surface area contributed by atoms with Crippen molar-refractivity contribution >= 4 is 15.9 Å². The van der Waals surface area contributed by atoms with E-state index >= 15 is 0 Å². The van der Waals surface area contributed by atoms with E-state index in [-0.39, 0.29) is 22.4 Å². The van der Waals surface area contributed by atoms with Gasteiger partial charge in [-0.15, -0.1) is 0 Å². The molecule has 128 valence electrons. The number of rotatable bonds is 4. The first-order chi connectivity index (χ1) is 10.7. The molecule has 0 spiro atoms. The summed E-state index contributed by atoms with van der Waals surface area (Å²) in [5.74, 6) is -0.271. The van der Waals surface area contributed by atoms with Gasteiger partial charge in [0.25, 0.3) is 5.91 Å². The SMILES string of the molecule is CC(C)(C)NC(=O)c1cccc(S(=O)(=O)NC2CCCCC2)c1. The van der Waals surface area contributed by atoms with Gasteiger partial charge >= 0.3 is 0 Å². The van der Waals surface area contributed by atoms with Crippen LogP contribution in [0, 0.1) is 0 Å². The minimum atomic E-state index is -3.59. The first-order valence-corrected chi connectivity index (χ1v) is 9.61. The van der Waals surface area contributed by atoms with Crippen LogP contribution in [0.3, 0.4) is 0 Å². The molecule has 5 nitrogen and oxygen atoms in total. The van der Waals surface area contributed by atoms with Crippen LogP contribution in [-0.4, -0.2) is 25.9 Å². The summed E-state index contributed by atoms with van der Waals surface area (Å²) in [6, 6.07) is 6.19. The van der Waals surface area contributed by atoms with Gasteiger partial charge in [-0.25, -0.2) is 13.1 Å². The molecule has 6 heteroatoms. The van der Waals surface area contributed by atoms with Crippen LogP contribution in [0.4, 0.5) is 0 Å². The summed E-state index contributed by atoms with van der Waals surface area (Å²) in [5.41, 5.74) is -0.0156. The zero-order valence-electron chi connectivity index (χ0n) is 14.1. The number of amides is 1. The lowest BCUT2D eigenvalue weighted by atomic mass is 9.96. The molecule has 23 heavy (non-hydrogen) atoms. The summed E-state index contributed by atoms with van der Waals surface area (Å²) < 4.78 is 27.8. The highest BCUT2D eigenvalue weighted by molar-refractivity contribution is 7.89. The Bertz CT molecular complexity index is 657. The standard InChI is InChI=1S/C17H26N2O3S/c1-17(2,3)18-16(20)13-8-7-11-15(12-13)23(21,22)19-14-9-5-4-6-10-14/h7-8,11-12,14,19H,4-6,9-10H2,1-3H3,(H,18,20). The summed E-state index contributed by atoms with van der Waals surface area (Å²) in [6.45, 7) is 5.66. The Balaban J connectivity index is 2.16. The van der Waals surface area contributed by atoms with Crippen molar-refractivity contribution in [3.8, 4) is 0 Å². The minimum absolute atomic E-state index is 0.000748. The maximum absolute atomic E-state index is 12.5. The van der Waals surface area contributed by atoms with Crippen molar-refractivity contribution in [2.45, 2.75) is 69.4 Å². The maximum atomic E-state index is 12.5. The van der Waals surface area contributed by atoms with Crippen molar-refractivity contribution in [3.63, 3.8) is 0 Å². The van der Waals surface area contributed by atoms with Crippen LogP contribution in [0.1, 0.15) is 63.2 Å². The normalized spacial score (nSPS) is 17.0. The molecule has 1 saturated carbocycles. The number of nitrogens with one attached hydrogen (secondary N) is 2. The number of carbonyl (C=O) groups excluding carboxylic acids is 1. The van der Waals surface area contributed by atoms with Crippen LogP contribution in [0.25, 0.3) is 0 Å². The summed E-state index contributed by atoms with van der Waals surface area (Å²) in [7, 11) is -3.59. The predicted molar refractivity (Wildman–Crippen MR) is 90.9 cm³/mol. The molecule has 0 unspecified atom stereocenters. The average molecular weight is 338 g/mol. The van der Waals surface area contributed by atoms with Gasteiger partial charge < -0.3 is 5.32 Å². The number of hydrogen-bond acceptors (Lipinski definition) is 3. The molecular formula is C17H26N2O3S. The largest absolute Gasteiger partial charge is 0.347 e. The Hall–Kier alpha value is -1.40. The highest BCUT2D eigenvalue weighted by Gasteiger charge is 2.23. The quantitative estimate of drug-likeness (QED) is 0.886. The average Bonchev–Trinajstić information content (AvgIpc) is 2.46. The number of hydrogen-bond donors (Lipinski definition) is 2. The Morgan fingerprint density at radius 3 is 2.39 bits per heavy atom. The molecule has 2 rings (SSSR count). The van der Waals surface area contributed by atoms with Crippen molar-refractivity contribution in [1.82, 2.24) is 10.0 Å². The van der Waals surface area contributed by atoms with Gasteiger partial charge in [-0.2, -0.15) is 0 Å². The molecule has 0 aromatic heterocycles. The number of carbonyl (C=O) groups is 1. The van der Waals surface area contributed by atoms with E-state index in [0.29, 0.717) is 5.56 Å². The van der Waals surface area contributed by atoms with E-state index in [1.54, 1.807) is 12.1 Å². The van der Waals surface area contributed by atoms with Gasteiger partial charge in [0.1, 0.15) is 0 Å². The molecule has 1 aliphatic rings. The molecule has 1 aromatic rings. The zero-order valence-corrected chi connectivity index (χ0v) is 14.9. The second-order valence-electron chi connectivity index (χ2n) is 7.19. The Labute approximate surface area is 138 Å². The van der Waals surface area contributed by atoms with Crippen molar-refractivity contribution in [1.29, 1.82) is 0 Å². The Kier molecular flexibility index (Phi) is 5.47. The Morgan fingerprint density at radius 1 is 1.13 bits per heavy atom. The van der Waals surface area contributed by atoms with Crippen LogP contribution in [0.5, 0.6) is 0 Å². The van der Waals surface area contributed by atoms with Crippen LogP contribution in [0.2, 0.25) is 0 Å². The lowest BCUT2D eigenvalue weighted by Crippen LogP contribution is -2.40. The Morgan fingerprint density at radius 2 is 1.78 bits per heavy atom. The molecule has 0 bridgehead atoms. The van der Waals surface area contributed by atoms with E-state index in [4.69, 9.17) is 0 Å². The monoisotopic (exact) mass is 338 g/mol. The molecular weight excluding hydrogens is 312 g/mol. The second kappa shape index (κ2) is 7.01. The van der Waals surface area contributed by atoms with E-state index in [1.165, 1.54) is 18.6 Å². The van der Waals surface area contributed by atoms with Gasteiger partial charge in [0.2, 0.25) is 10.0 Å². The second-order valence-corrected chi connectivity index (χ2v) is 8.90. The lowest BCUT2D eigenvalue weighted by Gasteiger charge is -2.23. The third-order valence-corrected chi connectivity index (χ3v) is 5.34. The first kappa shape index (κ1) is 17.9. The maximum Gasteiger partial charge on any atom is 0.251 e. The number of sulfonamides is 1. The highest BCUT2D eigenvalue weighted by atomic mass is 32.2. The minimum Gasteiger partial charge on any atom is -0.347 e. The summed E-state index contributed by atoms with van der Waals surface area (Å²) in [6.07, 6.45) is 5.04. The summed E-state index contributed by atoms with van der Waals surface area (Å²) in [4.78, 5) is 12.3. The van der Waals surface area contributed by atoms with E-state index in [0.717, 1.165) is 25.7 Å². The van der Waals surface area contributed by atoms with Crippen molar-refractivity contribution in [3.05, 3.63) is 29.8 Å². The van der Waals surface area contributed by atoms with E-state index in [9.17, 15) is 13.2 Å². The predicted octanol–water partition coefficient (Wildman–Crippen LogP) is 2.83. The van der Waals surface area contributed by atoms with Crippen LogP contribution >= 0.6 is 0 Å². The molecule has 0 atom stereocenters. The molecule has 1 aromatic carbocycles. The first-order valence-electron chi connectivity index (χ1n) is 8.12. The summed E-state index contributed by atoms with van der Waals surface area (Å²) in [5, 5.41) is 2.84. The van der Waals surface area contributed by atoms with Gasteiger partial charge in [0, 0.05) is 17.1 Å². The van der Waals surface area contributed by atoms with Crippen molar-refractivity contribution in [2.75, 3.05) is 0 Å². The molecule has 1 fully saturated rings. The highest BCUT2D eigenvalue weighted by Crippen LogP contribution is 2.20. The molecule has 0 heterocycles. The molecule has 1 amide bonds. The van der Waals surface area contributed by atoms with Crippen molar-refractivity contribution in [2.24, 2.45) is 0 Å². The molecule has 0 saturated heterocycles. The van der Waals surface area contributed by atoms with Gasteiger partial charge in [-0.05, 0) is 51.8 Å². The van der Waals surface area contributed by atoms with Crippen LogP contribution < -0.4 is 10.0 Å². The molecule has 0 aliphatic heterocycles.